The van der Waals surface area contributed by atoms with Crippen LogP contribution in [-0.4, -0.2) is 22.4 Å². The summed E-state index contributed by atoms with van der Waals surface area (Å²) in [5.41, 5.74) is 1.34. The van der Waals surface area contributed by atoms with Crippen LogP contribution in [0.2, 0.25) is 0 Å². The minimum absolute atomic E-state index is 0.109. The Morgan fingerprint density at radius 2 is 1.95 bits per heavy atom. The first kappa shape index (κ1) is 15.7. The van der Waals surface area contributed by atoms with E-state index >= 15 is 0 Å². The maximum atomic E-state index is 11.9. The van der Waals surface area contributed by atoms with Gasteiger partial charge in [-0.05, 0) is 24.3 Å². The number of benzene rings is 1. The van der Waals surface area contributed by atoms with Crippen LogP contribution in [0.3, 0.4) is 0 Å². The second kappa shape index (κ2) is 7.38. The number of anilines is 1. The molecule has 0 aliphatic carbocycles. The highest BCUT2D eigenvalue weighted by molar-refractivity contribution is 8.00. The highest BCUT2D eigenvalue weighted by Gasteiger charge is 2.11. The fraction of sp³-hybridized carbons (Fsp3) is 0.125. The second-order valence-corrected chi connectivity index (χ2v) is 5.38. The zero-order valence-corrected chi connectivity index (χ0v) is 12.7. The van der Waals surface area contributed by atoms with Crippen molar-refractivity contribution in [3.63, 3.8) is 0 Å². The first-order chi connectivity index (χ1) is 10.6. The lowest BCUT2D eigenvalue weighted by molar-refractivity contribution is -0.113. The molecule has 22 heavy (non-hydrogen) atoms. The molecule has 6 heteroatoms. The van der Waals surface area contributed by atoms with Crippen molar-refractivity contribution in [3.8, 4) is 6.07 Å². The van der Waals surface area contributed by atoms with Gasteiger partial charge in [-0.2, -0.15) is 5.26 Å². The number of carbonyl (C=O) groups excluding carboxylic acids is 2. The number of amides is 1. The summed E-state index contributed by atoms with van der Waals surface area (Å²) in [5.74, 6) is -0.270. The van der Waals surface area contributed by atoms with Crippen molar-refractivity contribution in [2.24, 2.45) is 0 Å². The lowest BCUT2D eigenvalue weighted by Gasteiger charge is -2.06. The smallest absolute Gasteiger partial charge is 0.234 e. The number of rotatable bonds is 5. The predicted octanol–water partition coefficient (Wildman–Crippen LogP) is 2.89. The number of para-hydroxylation sites is 1. The van der Waals surface area contributed by atoms with Crippen molar-refractivity contribution in [3.05, 3.63) is 53.7 Å². The van der Waals surface area contributed by atoms with Gasteiger partial charge >= 0.3 is 0 Å². The largest absolute Gasteiger partial charge is 0.325 e. The molecule has 110 valence electrons. The quantitative estimate of drug-likeness (QED) is 0.678. The molecule has 2 aromatic rings. The molecule has 5 nitrogen and oxygen atoms in total. The number of ketones is 1. The molecule has 0 spiro atoms. The molecule has 0 unspecified atom stereocenters. The van der Waals surface area contributed by atoms with E-state index in [1.54, 1.807) is 18.2 Å². The van der Waals surface area contributed by atoms with Crippen molar-refractivity contribution in [2.75, 3.05) is 11.1 Å². The SMILES string of the molecule is CC(=O)c1ccc(C#N)c(SCC(=O)Nc2ccccc2)n1. The van der Waals surface area contributed by atoms with Crippen molar-refractivity contribution < 1.29 is 9.59 Å². The van der Waals surface area contributed by atoms with E-state index in [9.17, 15) is 9.59 Å². The van der Waals surface area contributed by atoms with Gasteiger partial charge in [0.05, 0.1) is 11.3 Å². The molecule has 0 saturated heterocycles. The molecule has 0 radical (unpaired) electrons. The van der Waals surface area contributed by atoms with Crippen LogP contribution in [0.1, 0.15) is 23.0 Å². The number of carbonyl (C=O) groups is 2. The van der Waals surface area contributed by atoms with E-state index in [0.717, 1.165) is 11.8 Å². The molecule has 1 amide bonds. The van der Waals surface area contributed by atoms with E-state index in [2.05, 4.69) is 10.3 Å². The van der Waals surface area contributed by atoms with Crippen molar-refractivity contribution in [2.45, 2.75) is 11.9 Å². The number of aromatic nitrogens is 1. The Kier molecular flexibility index (Phi) is 5.28. The fourth-order valence-electron chi connectivity index (χ4n) is 1.68. The van der Waals surface area contributed by atoms with Crippen molar-refractivity contribution in [1.29, 1.82) is 5.26 Å². The van der Waals surface area contributed by atoms with Crippen molar-refractivity contribution >= 4 is 29.1 Å². The van der Waals surface area contributed by atoms with Gasteiger partial charge in [-0.15, -0.1) is 0 Å². The Bertz CT molecular complexity index is 739. The first-order valence-corrected chi connectivity index (χ1v) is 7.48. The van der Waals surface area contributed by atoms with Crippen LogP contribution in [0.15, 0.2) is 47.5 Å². The minimum Gasteiger partial charge on any atom is -0.325 e. The summed E-state index contributed by atoms with van der Waals surface area (Å²) in [6.45, 7) is 1.41. The number of nitrogens with one attached hydrogen (secondary N) is 1. The molecular weight excluding hydrogens is 298 g/mol. The number of nitriles is 1. The molecule has 1 aromatic carbocycles. The van der Waals surface area contributed by atoms with Crippen LogP contribution in [0, 0.1) is 11.3 Å². The molecule has 0 bridgehead atoms. The minimum atomic E-state index is -0.199. The Morgan fingerprint density at radius 1 is 1.23 bits per heavy atom. The Hall–Kier alpha value is -2.65. The summed E-state index contributed by atoms with van der Waals surface area (Å²) in [5, 5.41) is 12.2. The summed E-state index contributed by atoms with van der Waals surface area (Å²) in [6.07, 6.45) is 0. The molecule has 1 aromatic heterocycles. The van der Waals surface area contributed by atoms with Crippen LogP contribution >= 0.6 is 11.8 Å². The zero-order chi connectivity index (χ0) is 15.9. The third-order valence-corrected chi connectivity index (χ3v) is 3.73. The predicted molar refractivity (Wildman–Crippen MR) is 84.8 cm³/mol. The molecule has 0 fully saturated rings. The van der Waals surface area contributed by atoms with Gasteiger partial charge in [0, 0.05) is 12.6 Å². The molecule has 2 rings (SSSR count). The monoisotopic (exact) mass is 311 g/mol. The number of hydrogen-bond donors (Lipinski definition) is 1. The normalized spacial score (nSPS) is 9.82. The number of hydrogen-bond acceptors (Lipinski definition) is 5. The van der Waals surface area contributed by atoms with Gasteiger partial charge in [0.15, 0.2) is 5.78 Å². The average molecular weight is 311 g/mol. The third kappa shape index (κ3) is 4.17. The number of pyridine rings is 1. The van der Waals surface area contributed by atoms with E-state index in [1.807, 2.05) is 24.3 Å². The van der Waals surface area contributed by atoms with Crippen LogP contribution in [0.5, 0.6) is 0 Å². The average Bonchev–Trinajstić information content (AvgIpc) is 2.53. The van der Waals surface area contributed by atoms with Crippen LogP contribution < -0.4 is 5.32 Å². The summed E-state index contributed by atoms with van der Waals surface area (Å²) in [7, 11) is 0. The molecule has 0 aliphatic heterocycles. The zero-order valence-electron chi connectivity index (χ0n) is 11.9. The van der Waals surface area contributed by atoms with E-state index in [4.69, 9.17) is 5.26 Å². The van der Waals surface area contributed by atoms with E-state index in [-0.39, 0.29) is 23.1 Å². The van der Waals surface area contributed by atoms with Gasteiger partial charge in [-0.3, -0.25) is 9.59 Å². The molecule has 0 atom stereocenters. The number of nitrogens with zero attached hydrogens (tertiary/aromatic N) is 2. The molecular formula is C16H13N3O2S. The van der Waals surface area contributed by atoms with Crippen LogP contribution in [0.4, 0.5) is 5.69 Å². The fourth-order valence-corrected chi connectivity index (χ4v) is 2.46. The highest BCUT2D eigenvalue weighted by Crippen LogP contribution is 2.21. The lowest BCUT2D eigenvalue weighted by Crippen LogP contribution is -2.14. The molecule has 0 saturated carbocycles. The van der Waals surface area contributed by atoms with E-state index in [0.29, 0.717) is 16.3 Å². The maximum Gasteiger partial charge on any atom is 0.234 e. The van der Waals surface area contributed by atoms with Gasteiger partial charge in [-0.25, -0.2) is 4.98 Å². The Balaban J connectivity index is 2.04. The maximum absolute atomic E-state index is 11.9. The van der Waals surface area contributed by atoms with Gasteiger partial charge in [0.1, 0.15) is 16.8 Å². The topological polar surface area (TPSA) is 82.8 Å². The molecule has 1 N–H and O–H groups in total. The molecule has 1 heterocycles. The first-order valence-electron chi connectivity index (χ1n) is 6.50. The van der Waals surface area contributed by atoms with Crippen LogP contribution in [0.25, 0.3) is 0 Å². The summed E-state index contributed by atoms with van der Waals surface area (Å²) in [4.78, 5) is 27.4. The van der Waals surface area contributed by atoms with Gasteiger partial charge < -0.3 is 5.32 Å². The van der Waals surface area contributed by atoms with E-state index in [1.165, 1.54) is 13.0 Å². The Morgan fingerprint density at radius 3 is 2.59 bits per heavy atom. The summed E-state index contributed by atoms with van der Waals surface area (Å²) < 4.78 is 0. The van der Waals surface area contributed by atoms with Gasteiger partial charge in [0.2, 0.25) is 5.91 Å². The van der Waals surface area contributed by atoms with Crippen molar-refractivity contribution in [1.82, 2.24) is 4.98 Å². The van der Waals surface area contributed by atoms with Gasteiger partial charge in [-0.1, -0.05) is 30.0 Å². The second-order valence-electron chi connectivity index (χ2n) is 4.42. The van der Waals surface area contributed by atoms with E-state index < -0.39 is 0 Å². The number of Topliss-reactive ketones (excluding diaryl/α,β-unsaturated/α-hetero) is 1. The van der Waals surface area contributed by atoms with Crippen LogP contribution in [-0.2, 0) is 4.79 Å². The summed E-state index contributed by atoms with van der Waals surface area (Å²) in [6, 6.07) is 14.2. The Labute approximate surface area is 132 Å². The number of thioether (sulfide) groups is 1. The summed E-state index contributed by atoms with van der Waals surface area (Å²) >= 11 is 1.13. The lowest BCUT2D eigenvalue weighted by atomic mass is 10.2. The third-order valence-electron chi connectivity index (χ3n) is 2.74. The van der Waals surface area contributed by atoms with Gasteiger partial charge in [0.25, 0.3) is 0 Å². The molecule has 0 aliphatic rings. The highest BCUT2D eigenvalue weighted by atomic mass is 32.2. The standard InChI is InChI=1S/C16H13N3O2S/c1-11(20)14-8-7-12(9-17)16(19-14)22-10-15(21)18-13-5-3-2-4-6-13/h2-8H,10H2,1H3,(H,18,21).